The molecule has 0 aliphatic carbocycles. The Morgan fingerprint density at radius 3 is 2.53 bits per heavy atom. The molecule has 1 unspecified atom stereocenters. The predicted octanol–water partition coefficient (Wildman–Crippen LogP) is 1.76. The van der Waals surface area contributed by atoms with E-state index in [0.29, 0.717) is 5.75 Å². The number of carboxylic acids is 1. The van der Waals surface area contributed by atoms with E-state index in [1.54, 1.807) is 0 Å². The van der Waals surface area contributed by atoms with Gasteiger partial charge in [-0.25, -0.2) is 8.78 Å². The van der Waals surface area contributed by atoms with Crippen LogP contribution in [0.4, 0.5) is 8.78 Å². The number of methoxy groups -OCH3 is 1. The monoisotopic (exact) mass is 245 g/mol. The molecule has 0 aromatic heterocycles. The molecule has 0 fully saturated rings. The fourth-order valence-corrected chi connectivity index (χ4v) is 1.54. The second-order valence-corrected chi connectivity index (χ2v) is 3.42. The number of benzene rings is 1. The molecule has 0 bridgehead atoms. The van der Waals surface area contributed by atoms with Crippen molar-refractivity contribution in [1.29, 1.82) is 0 Å². The van der Waals surface area contributed by atoms with Gasteiger partial charge in [0.05, 0.1) is 13.0 Å². The quantitative estimate of drug-likeness (QED) is 0.829. The lowest BCUT2D eigenvalue weighted by molar-refractivity contribution is -0.138. The van der Waals surface area contributed by atoms with Gasteiger partial charge in [-0.15, -0.1) is 0 Å². The largest absolute Gasteiger partial charge is 0.497 e. The summed E-state index contributed by atoms with van der Waals surface area (Å²) in [7, 11) is 1.37. The lowest BCUT2D eigenvalue weighted by Crippen LogP contribution is -2.22. The molecule has 1 aromatic carbocycles. The van der Waals surface area contributed by atoms with E-state index in [1.165, 1.54) is 19.2 Å². The number of ether oxygens (including phenoxy) is 1. The van der Waals surface area contributed by atoms with E-state index in [4.69, 9.17) is 15.6 Å². The molecular weight excluding hydrogens is 232 g/mol. The number of alkyl halides is 2. The van der Waals surface area contributed by atoms with Crippen molar-refractivity contribution < 1.29 is 23.4 Å². The minimum Gasteiger partial charge on any atom is -0.497 e. The van der Waals surface area contributed by atoms with Crippen molar-refractivity contribution in [1.82, 2.24) is 0 Å². The van der Waals surface area contributed by atoms with Crippen molar-refractivity contribution in [2.45, 2.75) is 12.3 Å². The topological polar surface area (TPSA) is 72.5 Å². The first-order valence-electron chi connectivity index (χ1n) is 4.90. The number of rotatable bonds is 5. The van der Waals surface area contributed by atoms with Gasteiger partial charge in [0.1, 0.15) is 5.75 Å². The Hall–Kier alpha value is -1.69. The summed E-state index contributed by atoms with van der Waals surface area (Å²) in [5.41, 5.74) is 4.96. The number of nitrogens with two attached hydrogens (primary N) is 1. The molecule has 0 heterocycles. The average molecular weight is 245 g/mol. The third-order valence-electron chi connectivity index (χ3n) is 2.44. The van der Waals surface area contributed by atoms with Crippen LogP contribution in [0, 0.1) is 0 Å². The SMILES string of the molecule is COc1ccc(C(F)F)c(C(CN)C(=O)O)c1. The van der Waals surface area contributed by atoms with E-state index in [2.05, 4.69) is 0 Å². The van der Waals surface area contributed by atoms with Crippen LogP contribution in [0.15, 0.2) is 18.2 Å². The van der Waals surface area contributed by atoms with Crippen LogP contribution in [0.3, 0.4) is 0 Å². The predicted molar refractivity (Wildman–Crippen MR) is 57.4 cm³/mol. The highest BCUT2D eigenvalue weighted by Crippen LogP contribution is 2.31. The van der Waals surface area contributed by atoms with Gasteiger partial charge in [-0.3, -0.25) is 4.79 Å². The van der Waals surface area contributed by atoms with Gasteiger partial charge in [0, 0.05) is 12.1 Å². The Kier molecular flexibility index (Phi) is 4.39. The van der Waals surface area contributed by atoms with Crippen molar-refractivity contribution in [2.75, 3.05) is 13.7 Å². The molecule has 4 nitrogen and oxygen atoms in total. The van der Waals surface area contributed by atoms with Gasteiger partial charge in [-0.1, -0.05) is 0 Å². The first-order valence-corrected chi connectivity index (χ1v) is 4.90. The van der Waals surface area contributed by atoms with Crippen molar-refractivity contribution >= 4 is 5.97 Å². The lowest BCUT2D eigenvalue weighted by atomic mass is 9.94. The van der Waals surface area contributed by atoms with Crippen LogP contribution < -0.4 is 10.5 Å². The fraction of sp³-hybridized carbons (Fsp3) is 0.364. The Labute approximate surface area is 97.0 Å². The van der Waals surface area contributed by atoms with Gasteiger partial charge < -0.3 is 15.6 Å². The molecule has 17 heavy (non-hydrogen) atoms. The van der Waals surface area contributed by atoms with E-state index in [-0.39, 0.29) is 17.7 Å². The van der Waals surface area contributed by atoms with Crippen LogP contribution in [0.5, 0.6) is 5.75 Å². The Morgan fingerprint density at radius 2 is 2.12 bits per heavy atom. The third kappa shape index (κ3) is 2.91. The molecule has 0 saturated heterocycles. The number of hydrogen-bond acceptors (Lipinski definition) is 3. The molecule has 1 atom stereocenters. The maximum atomic E-state index is 12.7. The minimum atomic E-state index is -2.75. The summed E-state index contributed by atoms with van der Waals surface area (Å²) in [4.78, 5) is 10.9. The first-order chi connectivity index (χ1) is 8.01. The molecule has 1 aromatic rings. The van der Waals surface area contributed by atoms with E-state index in [9.17, 15) is 13.6 Å². The Bertz CT molecular complexity index is 410. The van der Waals surface area contributed by atoms with Crippen molar-refractivity contribution in [3.05, 3.63) is 29.3 Å². The number of aliphatic carboxylic acids is 1. The van der Waals surface area contributed by atoms with Crippen LogP contribution >= 0.6 is 0 Å². The van der Waals surface area contributed by atoms with Crippen molar-refractivity contribution in [3.8, 4) is 5.75 Å². The maximum Gasteiger partial charge on any atom is 0.312 e. The van der Waals surface area contributed by atoms with Gasteiger partial charge in [-0.2, -0.15) is 0 Å². The highest BCUT2D eigenvalue weighted by atomic mass is 19.3. The van der Waals surface area contributed by atoms with Crippen molar-refractivity contribution in [3.63, 3.8) is 0 Å². The third-order valence-corrected chi connectivity index (χ3v) is 2.44. The van der Waals surface area contributed by atoms with Crippen molar-refractivity contribution in [2.24, 2.45) is 5.73 Å². The summed E-state index contributed by atoms with van der Waals surface area (Å²) in [5.74, 6) is -2.07. The zero-order valence-corrected chi connectivity index (χ0v) is 9.19. The average Bonchev–Trinajstić information content (AvgIpc) is 2.29. The molecule has 3 N–H and O–H groups in total. The molecule has 6 heteroatoms. The van der Waals surface area contributed by atoms with Crippen LogP contribution in [-0.2, 0) is 4.79 Å². The van der Waals surface area contributed by atoms with E-state index < -0.39 is 18.3 Å². The zero-order chi connectivity index (χ0) is 13.0. The number of carbonyl (C=O) groups is 1. The van der Waals surface area contributed by atoms with Gasteiger partial charge in [0.2, 0.25) is 0 Å². The Balaban J connectivity index is 3.29. The van der Waals surface area contributed by atoms with Crippen LogP contribution in [0.25, 0.3) is 0 Å². The molecular formula is C11H13F2NO3. The summed E-state index contributed by atoms with van der Waals surface area (Å²) in [6, 6.07) is 3.80. The number of hydrogen-bond donors (Lipinski definition) is 2. The summed E-state index contributed by atoms with van der Waals surface area (Å²) in [6.07, 6.45) is -2.75. The lowest BCUT2D eigenvalue weighted by Gasteiger charge is -2.16. The Morgan fingerprint density at radius 1 is 1.47 bits per heavy atom. The summed E-state index contributed by atoms with van der Waals surface area (Å²) in [5, 5.41) is 8.93. The minimum absolute atomic E-state index is 0.00523. The molecule has 1 rings (SSSR count). The van der Waals surface area contributed by atoms with Crippen LogP contribution in [0.1, 0.15) is 23.5 Å². The standard InChI is InChI=1S/C11H13F2NO3/c1-17-6-2-3-7(10(12)13)8(4-6)9(5-14)11(15)16/h2-4,9-10H,5,14H2,1H3,(H,15,16). The molecule has 94 valence electrons. The first kappa shape index (κ1) is 13.4. The fourth-order valence-electron chi connectivity index (χ4n) is 1.54. The highest BCUT2D eigenvalue weighted by molar-refractivity contribution is 5.77. The second kappa shape index (κ2) is 5.58. The molecule has 0 aliphatic heterocycles. The zero-order valence-electron chi connectivity index (χ0n) is 9.19. The molecule has 0 spiro atoms. The van der Waals surface area contributed by atoms with Gasteiger partial charge in [0.25, 0.3) is 6.43 Å². The summed E-state index contributed by atoms with van der Waals surface area (Å²) < 4.78 is 30.4. The normalized spacial score (nSPS) is 12.5. The van der Waals surface area contributed by atoms with Crippen LogP contribution in [0.2, 0.25) is 0 Å². The van der Waals surface area contributed by atoms with E-state index >= 15 is 0 Å². The van der Waals surface area contributed by atoms with E-state index in [0.717, 1.165) is 6.07 Å². The van der Waals surface area contributed by atoms with Gasteiger partial charge in [-0.05, 0) is 23.8 Å². The second-order valence-electron chi connectivity index (χ2n) is 3.42. The summed E-state index contributed by atoms with van der Waals surface area (Å²) >= 11 is 0. The van der Waals surface area contributed by atoms with Crippen LogP contribution in [-0.4, -0.2) is 24.7 Å². The molecule has 0 saturated carbocycles. The smallest absolute Gasteiger partial charge is 0.312 e. The maximum absolute atomic E-state index is 12.7. The number of carboxylic acid groups (broad SMARTS) is 1. The van der Waals surface area contributed by atoms with Gasteiger partial charge in [0.15, 0.2) is 0 Å². The molecule has 0 radical (unpaired) electrons. The van der Waals surface area contributed by atoms with Gasteiger partial charge >= 0.3 is 5.97 Å². The number of halogens is 2. The van der Waals surface area contributed by atoms with E-state index in [1.807, 2.05) is 0 Å². The highest BCUT2D eigenvalue weighted by Gasteiger charge is 2.25. The summed E-state index contributed by atoms with van der Waals surface area (Å²) in [6.45, 7) is -0.248. The molecule has 0 aliphatic rings. The molecule has 0 amide bonds.